The Bertz CT molecular complexity index is 205. The Labute approximate surface area is 119 Å². The van der Waals surface area contributed by atoms with Gasteiger partial charge in [0, 0.05) is 0 Å². The molecule has 0 aliphatic rings. The fraction of sp³-hybridized carbons (Fsp3) is 0.938. The largest absolute Gasteiger partial charge is 0.480 e. The molecule has 114 valence electrons. The molecule has 3 heteroatoms. The molecule has 0 amide bonds. The van der Waals surface area contributed by atoms with Gasteiger partial charge in [-0.2, -0.15) is 0 Å². The molecular weight excluding hydrogens is 238 g/mol. The fourth-order valence-corrected chi connectivity index (χ4v) is 2.24. The fourth-order valence-electron chi connectivity index (χ4n) is 2.24. The first-order chi connectivity index (χ1) is 9.13. The van der Waals surface area contributed by atoms with Gasteiger partial charge in [0.25, 0.3) is 0 Å². The molecule has 0 aliphatic carbocycles. The van der Waals surface area contributed by atoms with Crippen LogP contribution in [0.3, 0.4) is 0 Å². The highest BCUT2D eigenvalue weighted by atomic mass is 16.4. The lowest BCUT2D eigenvalue weighted by atomic mass is 10.0. The van der Waals surface area contributed by atoms with Crippen LogP contribution in [0.25, 0.3) is 0 Å². The van der Waals surface area contributed by atoms with Gasteiger partial charge in [0.1, 0.15) is 0 Å². The zero-order chi connectivity index (χ0) is 14.3. The molecule has 0 radical (unpaired) electrons. The van der Waals surface area contributed by atoms with Crippen molar-refractivity contribution in [3.8, 4) is 0 Å². The molecule has 0 rings (SSSR count). The highest BCUT2D eigenvalue weighted by Gasteiger charge is 1.96. The van der Waals surface area contributed by atoms with E-state index in [1.54, 1.807) is 0 Å². The molecule has 0 heterocycles. The number of hydrogen-bond acceptors (Lipinski definition) is 2. The second-order valence-corrected chi connectivity index (χ2v) is 5.94. The van der Waals surface area contributed by atoms with Crippen LogP contribution >= 0.6 is 0 Å². The number of carboxylic acid groups (broad SMARTS) is 1. The molecule has 0 atom stereocenters. The number of aliphatic carboxylic acids is 1. The maximum atomic E-state index is 10.3. The predicted molar refractivity (Wildman–Crippen MR) is 81.5 cm³/mol. The quantitative estimate of drug-likeness (QED) is 0.465. The van der Waals surface area contributed by atoms with Gasteiger partial charge in [-0.25, -0.2) is 0 Å². The topological polar surface area (TPSA) is 49.3 Å². The Kier molecular flexibility index (Phi) is 13.4. The summed E-state index contributed by atoms with van der Waals surface area (Å²) in [6.07, 6.45) is 13.3. The Morgan fingerprint density at radius 3 is 1.84 bits per heavy atom. The van der Waals surface area contributed by atoms with Gasteiger partial charge >= 0.3 is 5.97 Å². The number of nitrogens with one attached hydrogen (secondary N) is 1. The van der Waals surface area contributed by atoms with Crippen LogP contribution in [-0.2, 0) is 4.79 Å². The summed E-state index contributed by atoms with van der Waals surface area (Å²) < 4.78 is 0. The van der Waals surface area contributed by atoms with Gasteiger partial charge in [-0.05, 0) is 18.9 Å². The molecule has 0 aromatic carbocycles. The standard InChI is InChI=1S/C16H33NO2/c1-15(2)12-10-8-6-4-3-5-7-9-11-13-17-14-16(18)19/h15,17H,3-14H2,1-2H3,(H,18,19). The SMILES string of the molecule is CC(C)CCCCCCCCCCCNCC(=O)O. The van der Waals surface area contributed by atoms with Crippen LogP contribution in [0.1, 0.15) is 78.1 Å². The van der Waals surface area contributed by atoms with Crippen LogP contribution in [0.4, 0.5) is 0 Å². The van der Waals surface area contributed by atoms with Crippen LogP contribution in [0.15, 0.2) is 0 Å². The Balaban J connectivity index is 2.97. The van der Waals surface area contributed by atoms with E-state index in [2.05, 4.69) is 19.2 Å². The first-order valence-electron chi connectivity index (χ1n) is 8.05. The van der Waals surface area contributed by atoms with Gasteiger partial charge in [-0.1, -0.05) is 71.6 Å². The molecule has 0 saturated carbocycles. The third-order valence-electron chi connectivity index (χ3n) is 3.41. The number of carboxylic acids is 1. The summed E-state index contributed by atoms with van der Waals surface area (Å²) in [5.41, 5.74) is 0. The van der Waals surface area contributed by atoms with Crippen LogP contribution in [0, 0.1) is 5.92 Å². The summed E-state index contributed by atoms with van der Waals surface area (Å²) in [5.74, 6) is 0.0900. The Morgan fingerprint density at radius 2 is 1.37 bits per heavy atom. The van der Waals surface area contributed by atoms with Crippen LogP contribution in [0.2, 0.25) is 0 Å². The second kappa shape index (κ2) is 13.9. The molecule has 2 N–H and O–H groups in total. The molecule has 0 spiro atoms. The van der Waals surface area contributed by atoms with Crippen molar-refractivity contribution in [2.24, 2.45) is 5.92 Å². The zero-order valence-corrected chi connectivity index (χ0v) is 12.9. The van der Waals surface area contributed by atoms with Crippen LogP contribution in [-0.4, -0.2) is 24.2 Å². The predicted octanol–water partition coefficient (Wildman–Crippen LogP) is 4.22. The molecule has 0 aliphatic heterocycles. The number of unbranched alkanes of at least 4 members (excludes halogenated alkanes) is 8. The third-order valence-corrected chi connectivity index (χ3v) is 3.41. The lowest BCUT2D eigenvalue weighted by Gasteiger charge is -2.05. The lowest BCUT2D eigenvalue weighted by Crippen LogP contribution is -2.23. The Hall–Kier alpha value is -0.570. The first-order valence-corrected chi connectivity index (χ1v) is 8.05. The highest BCUT2D eigenvalue weighted by Crippen LogP contribution is 2.12. The first kappa shape index (κ1) is 18.4. The van der Waals surface area contributed by atoms with E-state index in [1.807, 2.05) is 0 Å². The van der Waals surface area contributed by atoms with E-state index >= 15 is 0 Å². The Morgan fingerprint density at radius 1 is 0.895 bits per heavy atom. The lowest BCUT2D eigenvalue weighted by molar-refractivity contribution is -0.135. The van der Waals surface area contributed by atoms with Gasteiger partial charge < -0.3 is 10.4 Å². The summed E-state index contributed by atoms with van der Waals surface area (Å²) in [5, 5.41) is 11.4. The molecule has 19 heavy (non-hydrogen) atoms. The van der Waals surface area contributed by atoms with E-state index in [0.29, 0.717) is 0 Å². The summed E-state index contributed by atoms with van der Waals surface area (Å²) >= 11 is 0. The van der Waals surface area contributed by atoms with E-state index in [-0.39, 0.29) is 6.54 Å². The number of hydrogen-bond donors (Lipinski definition) is 2. The third kappa shape index (κ3) is 17.4. The molecule has 0 aromatic rings. The molecule has 0 unspecified atom stereocenters. The van der Waals surface area contributed by atoms with Crippen molar-refractivity contribution in [3.63, 3.8) is 0 Å². The van der Waals surface area contributed by atoms with E-state index in [4.69, 9.17) is 5.11 Å². The second-order valence-electron chi connectivity index (χ2n) is 5.94. The van der Waals surface area contributed by atoms with Crippen molar-refractivity contribution in [3.05, 3.63) is 0 Å². The van der Waals surface area contributed by atoms with Crippen molar-refractivity contribution in [1.29, 1.82) is 0 Å². The summed E-state index contributed by atoms with van der Waals surface area (Å²) in [4.78, 5) is 10.3. The van der Waals surface area contributed by atoms with E-state index in [0.717, 1.165) is 18.9 Å². The van der Waals surface area contributed by atoms with Gasteiger partial charge in [0.2, 0.25) is 0 Å². The van der Waals surface area contributed by atoms with Crippen molar-refractivity contribution in [2.75, 3.05) is 13.1 Å². The van der Waals surface area contributed by atoms with Crippen molar-refractivity contribution < 1.29 is 9.90 Å². The monoisotopic (exact) mass is 271 g/mol. The zero-order valence-electron chi connectivity index (χ0n) is 12.9. The minimum atomic E-state index is -0.766. The molecular formula is C16H33NO2. The highest BCUT2D eigenvalue weighted by molar-refractivity contribution is 5.68. The minimum absolute atomic E-state index is 0.0936. The van der Waals surface area contributed by atoms with E-state index < -0.39 is 5.97 Å². The van der Waals surface area contributed by atoms with Gasteiger partial charge in [-0.3, -0.25) is 4.79 Å². The average Bonchev–Trinajstić information content (AvgIpc) is 2.34. The number of rotatable bonds is 14. The summed E-state index contributed by atoms with van der Waals surface area (Å²) in [6, 6.07) is 0. The van der Waals surface area contributed by atoms with Crippen LogP contribution in [0.5, 0.6) is 0 Å². The van der Waals surface area contributed by atoms with Crippen LogP contribution < -0.4 is 5.32 Å². The number of carbonyl (C=O) groups is 1. The molecule has 0 saturated heterocycles. The molecule has 3 nitrogen and oxygen atoms in total. The van der Waals surface area contributed by atoms with Gasteiger partial charge in [0.15, 0.2) is 0 Å². The van der Waals surface area contributed by atoms with Crippen molar-refractivity contribution in [2.45, 2.75) is 78.1 Å². The maximum absolute atomic E-state index is 10.3. The summed E-state index contributed by atoms with van der Waals surface area (Å²) in [7, 11) is 0. The van der Waals surface area contributed by atoms with E-state index in [1.165, 1.54) is 57.8 Å². The molecule has 0 fully saturated rings. The smallest absolute Gasteiger partial charge is 0.317 e. The van der Waals surface area contributed by atoms with Crippen molar-refractivity contribution in [1.82, 2.24) is 5.32 Å². The molecule has 0 aromatic heterocycles. The average molecular weight is 271 g/mol. The normalized spacial score (nSPS) is 11.1. The van der Waals surface area contributed by atoms with E-state index in [9.17, 15) is 4.79 Å². The van der Waals surface area contributed by atoms with Crippen molar-refractivity contribution >= 4 is 5.97 Å². The maximum Gasteiger partial charge on any atom is 0.317 e. The van der Waals surface area contributed by atoms with Gasteiger partial charge in [-0.15, -0.1) is 0 Å². The van der Waals surface area contributed by atoms with Gasteiger partial charge in [0.05, 0.1) is 6.54 Å². The summed E-state index contributed by atoms with van der Waals surface area (Å²) in [6.45, 7) is 5.52. The molecule has 0 bridgehead atoms. The minimum Gasteiger partial charge on any atom is -0.480 e.